The highest BCUT2D eigenvalue weighted by molar-refractivity contribution is 8.18. The third kappa shape index (κ3) is 6.27. The summed E-state index contributed by atoms with van der Waals surface area (Å²) in [6.07, 6.45) is 2.70. The quantitative estimate of drug-likeness (QED) is 0.302. The smallest absolute Gasteiger partial charge is 0.266 e. The molecule has 1 saturated heterocycles. The summed E-state index contributed by atoms with van der Waals surface area (Å²) < 4.78 is 11.5. The van der Waals surface area contributed by atoms with Gasteiger partial charge in [0.25, 0.3) is 5.91 Å². The predicted molar refractivity (Wildman–Crippen MR) is 145 cm³/mol. The molecular weight excluding hydrogens is 480 g/mol. The summed E-state index contributed by atoms with van der Waals surface area (Å²) >= 11 is 7.36. The summed E-state index contributed by atoms with van der Waals surface area (Å²) in [5.74, 6) is 1.21. The van der Waals surface area contributed by atoms with Gasteiger partial charge < -0.3 is 9.47 Å². The molecular formula is C28H27ClN2O3S. The number of ether oxygens (including phenoxy) is 2. The van der Waals surface area contributed by atoms with E-state index in [1.165, 1.54) is 17.3 Å². The van der Waals surface area contributed by atoms with E-state index >= 15 is 0 Å². The summed E-state index contributed by atoms with van der Waals surface area (Å²) in [6, 6.07) is 21.2. The van der Waals surface area contributed by atoms with Crippen LogP contribution in [0.2, 0.25) is 5.02 Å². The number of halogens is 1. The maximum absolute atomic E-state index is 13.1. The van der Waals surface area contributed by atoms with Crippen LogP contribution in [0.3, 0.4) is 0 Å². The molecule has 0 unspecified atom stereocenters. The van der Waals surface area contributed by atoms with Crippen LogP contribution in [0.15, 0.2) is 76.6 Å². The second-order valence-electron chi connectivity index (χ2n) is 8.12. The Morgan fingerprint density at radius 2 is 1.77 bits per heavy atom. The van der Waals surface area contributed by atoms with E-state index in [4.69, 9.17) is 21.1 Å². The van der Waals surface area contributed by atoms with Crippen molar-refractivity contribution in [1.82, 2.24) is 4.90 Å². The lowest BCUT2D eigenvalue weighted by Gasteiger charge is -2.14. The number of carbonyl (C=O) groups excluding carboxylic acids is 1. The summed E-state index contributed by atoms with van der Waals surface area (Å²) in [4.78, 5) is 20.2. The second-order valence-corrected chi connectivity index (χ2v) is 9.57. The Kier molecular flexibility index (Phi) is 8.16. The molecule has 0 saturated carbocycles. The summed E-state index contributed by atoms with van der Waals surface area (Å²) in [5.41, 5.74) is 3.90. The Bertz CT molecular complexity index is 1250. The third-order valence-corrected chi connectivity index (χ3v) is 6.65. The van der Waals surface area contributed by atoms with Gasteiger partial charge in [-0.2, -0.15) is 0 Å². The van der Waals surface area contributed by atoms with E-state index < -0.39 is 0 Å². The molecule has 35 heavy (non-hydrogen) atoms. The Hall–Kier alpha value is -3.22. The standard InChI is InChI=1S/C28H27ClN2O3S/c1-4-15-31-27(32)26(35-28(31)30-23-12-10-22(29)11-13-23)17-21-9-14-24(25(16-21)33-3)34-18-20-7-5-19(2)6-8-20/h5-14,16-17H,4,15,18H2,1-3H3/b26-17-,30-28?. The number of carbonyl (C=O) groups is 1. The average Bonchev–Trinajstić information content (AvgIpc) is 3.14. The average molecular weight is 507 g/mol. The van der Waals surface area contributed by atoms with Gasteiger partial charge in [0.2, 0.25) is 0 Å². The van der Waals surface area contributed by atoms with Crippen molar-refractivity contribution in [2.75, 3.05) is 13.7 Å². The Balaban J connectivity index is 1.54. The van der Waals surface area contributed by atoms with E-state index in [0.29, 0.717) is 39.7 Å². The lowest BCUT2D eigenvalue weighted by Crippen LogP contribution is -2.29. The molecule has 1 amide bonds. The van der Waals surface area contributed by atoms with Crippen molar-refractivity contribution in [2.45, 2.75) is 26.9 Å². The fourth-order valence-corrected chi connectivity index (χ4v) is 4.68. The molecule has 0 aliphatic carbocycles. The number of methoxy groups -OCH3 is 1. The summed E-state index contributed by atoms with van der Waals surface area (Å²) in [7, 11) is 1.61. The first kappa shape index (κ1) is 24.9. The Labute approximate surface area is 215 Å². The molecule has 1 heterocycles. The fraction of sp³-hybridized carbons (Fsp3) is 0.214. The van der Waals surface area contributed by atoms with Crippen LogP contribution >= 0.6 is 23.4 Å². The molecule has 0 atom stereocenters. The molecule has 1 aliphatic rings. The molecule has 0 spiro atoms. The molecule has 1 fully saturated rings. The minimum atomic E-state index is -0.0526. The van der Waals surface area contributed by atoms with Crippen LogP contribution in [-0.4, -0.2) is 29.6 Å². The van der Waals surface area contributed by atoms with Crippen molar-refractivity contribution in [3.63, 3.8) is 0 Å². The molecule has 3 aromatic rings. The van der Waals surface area contributed by atoms with Crippen molar-refractivity contribution in [2.24, 2.45) is 4.99 Å². The number of nitrogens with zero attached hydrogens (tertiary/aromatic N) is 2. The van der Waals surface area contributed by atoms with Gasteiger partial charge in [0.15, 0.2) is 16.7 Å². The zero-order valence-corrected chi connectivity index (χ0v) is 21.5. The number of aliphatic imine (C=N–C) groups is 1. The van der Waals surface area contributed by atoms with Gasteiger partial charge in [0, 0.05) is 11.6 Å². The molecule has 3 aromatic carbocycles. The van der Waals surface area contributed by atoms with E-state index in [9.17, 15) is 4.79 Å². The first-order valence-corrected chi connectivity index (χ1v) is 12.6. The topological polar surface area (TPSA) is 51.1 Å². The maximum atomic E-state index is 13.1. The predicted octanol–water partition coefficient (Wildman–Crippen LogP) is 7.25. The highest BCUT2D eigenvalue weighted by atomic mass is 35.5. The van der Waals surface area contributed by atoms with E-state index in [2.05, 4.69) is 36.2 Å². The Morgan fingerprint density at radius 3 is 2.46 bits per heavy atom. The van der Waals surface area contributed by atoms with Crippen molar-refractivity contribution in [3.05, 3.63) is 93.3 Å². The van der Waals surface area contributed by atoms with Crippen LogP contribution in [0.4, 0.5) is 5.69 Å². The molecule has 0 radical (unpaired) electrons. The lowest BCUT2D eigenvalue weighted by atomic mass is 10.1. The molecule has 4 rings (SSSR count). The number of amides is 1. The first-order valence-electron chi connectivity index (χ1n) is 11.4. The van der Waals surface area contributed by atoms with Crippen LogP contribution in [0.1, 0.15) is 30.0 Å². The number of hydrogen-bond donors (Lipinski definition) is 0. The minimum Gasteiger partial charge on any atom is -0.493 e. The van der Waals surface area contributed by atoms with E-state index in [1.807, 2.05) is 43.3 Å². The zero-order valence-electron chi connectivity index (χ0n) is 20.0. The number of rotatable bonds is 8. The van der Waals surface area contributed by atoms with Crippen LogP contribution in [0.25, 0.3) is 6.08 Å². The van der Waals surface area contributed by atoms with Gasteiger partial charge in [0.1, 0.15) is 6.61 Å². The molecule has 0 N–H and O–H groups in total. The van der Waals surface area contributed by atoms with Crippen molar-refractivity contribution in [1.29, 1.82) is 0 Å². The highest BCUT2D eigenvalue weighted by Gasteiger charge is 2.32. The number of benzene rings is 3. The van der Waals surface area contributed by atoms with Gasteiger partial charge in [-0.05, 0) is 78.7 Å². The van der Waals surface area contributed by atoms with Gasteiger partial charge >= 0.3 is 0 Å². The van der Waals surface area contributed by atoms with E-state index in [1.54, 1.807) is 24.1 Å². The van der Waals surface area contributed by atoms with Gasteiger partial charge in [-0.25, -0.2) is 4.99 Å². The number of thioether (sulfide) groups is 1. The Morgan fingerprint density at radius 1 is 1.03 bits per heavy atom. The molecule has 0 aromatic heterocycles. The fourth-order valence-electron chi connectivity index (χ4n) is 3.53. The maximum Gasteiger partial charge on any atom is 0.266 e. The van der Waals surface area contributed by atoms with Crippen molar-refractivity contribution >= 4 is 46.2 Å². The van der Waals surface area contributed by atoms with Crippen LogP contribution < -0.4 is 9.47 Å². The zero-order chi connectivity index (χ0) is 24.8. The van der Waals surface area contributed by atoms with Gasteiger partial charge in [-0.1, -0.05) is 54.4 Å². The van der Waals surface area contributed by atoms with Gasteiger partial charge in [0.05, 0.1) is 17.7 Å². The number of amidine groups is 1. The minimum absolute atomic E-state index is 0.0526. The summed E-state index contributed by atoms with van der Waals surface area (Å²) in [5, 5.41) is 1.31. The van der Waals surface area contributed by atoms with Crippen LogP contribution in [-0.2, 0) is 11.4 Å². The normalized spacial score (nSPS) is 15.8. The van der Waals surface area contributed by atoms with E-state index in [-0.39, 0.29) is 5.91 Å². The molecule has 180 valence electrons. The highest BCUT2D eigenvalue weighted by Crippen LogP contribution is 2.36. The van der Waals surface area contributed by atoms with Crippen LogP contribution in [0, 0.1) is 6.92 Å². The van der Waals surface area contributed by atoms with E-state index in [0.717, 1.165) is 23.2 Å². The monoisotopic (exact) mass is 506 g/mol. The third-order valence-electron chi connectivity index (χ3n) is 5.39. The van der Waals surface area contributed by atoms with Crippen molar-refractivity contribution in [3.8, 4) is 11.5 Å². The van der Waals surface area contributed by atoms with Gasteiger partial charge in [-0.15, -0.1) is 0 Å². The molecule has 7 heteroatoms. The lowest BCUT2D eigenvalue weighted by molar-refractivity contribution is -0.122. The second kappa shape index (κ2) is 11.5. The number of hydrogen-bond acceptors (Lipinski definition) is 5. The molecule has 5 nitrogen and oxygen atoms in total. The summed E-state index contributed by atoms with van der Waals surface area (Å²) in [6.45, 7) is 5.15. The SMILES string of the molecule is CCCN1C(=O)/C(=C/c2ccc(OCc3ccc(C)cc3)c(OC)c2)SC1=Nc1ccc(Cl)cc1. The van der Waals surface area contributed by atoms with Crippen molar-refractivity contribution < 1.29 is 14.3 Å². The van der Waals surface area contributed by atoms with Crippen LogP contribution in [0.5, 0.6) is 11.5 Å². The largest absolute Gasteiger partial charge is 0.493 e. The first-order chi connectivity index (χ1) is 17.0. The van der Waals surface area contributed by atoms with Gasteiger partial charge in [-0.3, -0.25) is 9.69 Å². The number of aryl methyl sites for hydroxylation is 1. The molecule has 0 bridgehead atoms. The molecule has 1 aliphatic heterocycles.